The summed E-state index contributed by atoms with van der Waals surface area (Å²) in [7, 11) is 0. The fraction of sp³-hybridized carbons (Fsp3) is 0. The fourth-order valence-electron chi connectivity index (χ4n) is 1.92. The Morgan fingerprint density at radius 3 is 1.26 bits per heavy atom. The van der Waals surface area contributed by atoms with Crippen molar-refractivity contribution in [3.63, 3.8) is 0 Å². The molecule has 5 heteroatoms. The first kappa shape index (κ1) is 17.9. The first-order valence-corrected chi connectivity index (χ1v) is 6.58. The molecule has 0 radical (unpaired) electrons. The molecule has 118 valence electrons. The molecule has 0 amide bonds. The number of aromatic carboxylic acids is 2. The lowest BCUT2D eigenvalue weighted by Gasteiger charge is -1.95. The lowest BCUT2D eigenvalue weighted by molar-refractivity contribution is 0.0696. The van der Waals surface area contributed by atoms with Gasteiger partial charge in [0.1, 0.15) is 0 Å². The average Bonchev–Trinajstić information content (AvgIpc) is 2.55. The molecule has 0 bridgehead atoms. The van der Waals surface area contributed by atoms with E-state index in [0.29, 0.717) is 0 Å². The summed E-state index contributed by atoms with van der Waals surface area (Å²) in [5.41, 5.74) is -0.0372. The van der Waals surface area contributed by atoms with E-state index in [1.807, 2.05) is 0 Å². The van der Waals surface area contributed by atoms with Crippen LogP contribution in [0.2, 0.25) is 0 Å². The molecule has 3 rings (SSSR count). The van der Waals surface area contributed by atoms with Gasteiger partial charge in [0.25, 0.3) is 0 Å². The third-order valence-electron chi connectivity index (χ3n) is 3.02. The second-order valence-corrected chi connectivity index (χ2v) is 4.54. The van der Waals surface area contributed by atoms with Crippen molar-refractivity contribution >= 4 is 22.7 Å². The van der Waals surface area contributed by atoms with Gasteiger partial charge >= 0.3 is 11.9 Å². The summed E-state index contributed by atoms with van der Waals surface area (Å²) < 4.78 is 0. The SMILES string of the molecule is O.O=C(O)c1cccc(C(=O)O)c1.c1ccc2ccccc2c1. The Morgan fingerprint density at radius 1 is 0.609 bits per heavy atom. The monoisotopic (exact) mass is 312 g/mol. The van der Waals surface area contributed by atoms with Crippen LogP contribution in [0.3, 0.4) is 0 Å². The van der Waals surface area contributed by atoms with Crippen LogP contribution in [0.25, 0.3) is 10.8 Å². The highest BCUT2D eigenvalue weighted by atomic mass is 16.4. The summed E-state index contributed by atoms with van der Waals surface area (Å²) in [5.74, 6) is -2.25. The van der Waals surface area contributed by atoms with Crippen LogP contribution in [0, 0.1) is 0 Å². The van der Waals surface area contributed by atoms with Gasteiger partial charge in [-0.2, -0.15) is 0 Å². The predicted molar refractivity (Wildman–Crippen MR) is 87.9 cm³/mol. The van der Waals surface area contributed by atoms with Gasteiger partial charge in [0.05, 0.1) is 11.1 Å². The van der Waals surface area contributed by atoms with Crippen molar-refractivity contribution in [3.8, 4) is 0 Å². The molecule has 4 N–H and O–H groups in total. The Kier molecular flexibility index (Phi) is 6.46. The number of fused-ring (bicyclic) bond motifs is 1. The minimum Gasteiger partial charge on any atom is -0.478 e. The lowest BCUT2D eigenvalue weighted by atomic mass is 10.1. The topological polar surface area (TPSA) is 106 Å². The van der Waals surface area contributed by atoms with E-state index in [2.05, 4.69) is 48.5 Å². The zero-order chi connectivity index (χ0) is 15.9. The summed E-state index contributed by atoms with van der Waals surface area (Å²) in [5, 5.41) is 19.6. The molecule has 0 aliphatic heterocycles. The van der Waals surface area contributed by atoms with Gasteiger partial charge in [-0.1, -0.05) is 54.6 Å². The fourth-order valence-corrected chi connectivity index (χ4v) is 1.92. The number of benzene rings is 3. The molecule has 0 saturated carbocycles. The highest BCUT2D eigenvalue weighted by Gasteiger charge is 2.06. The minimum absolute atomic E-state index is 0. The van der Waals surface area contributed by atoms with Crippen LogP contribution in [0.5, 0.6) is 0 Å². The van der Waals surface area contributed by atoms with E-state index in [1.165, 1.54) is 29.0 Å². The molecule has 0 fully saturated rings. The summed E-state index contributed by atoms with van der Waals surface area (Å²) in [6.45, 7) is 0. The maximum atomic E-state index is 10.4. The normalized spacial score (nSPS) is 9.22. The van der Waals surface area contributed by atoms with Crippen LogP contribution in [0.15, 0.2) is 72.8 Å². The first-order valence-electron chi connectivity index (χ1n) is 6.58. The van der Waals surface area contributed by atoms with Gasteiger partial charge in [0.15, 0.2) is 0 Å². The van der Waals surface area contributed by atoms with Gasteiger partial charge in [-0.25, -0.2) is 9.59 Å². The summed E-state index contributed by atoms with van der Waals surface area (Å²) in [4.78, 5) is 20.8. The second-order valence-electron chi connectivity index (χ2n) is 4.54. The first-order chi connectivity index (χ1) is 10.6. The Balaban J connectivity index is 0.000000223. The van der Waals surface area contributed by atoms with Gasteiger partial charge in [-0.15, -0.1) is 0 Å². The van der Waals surface area contributed by atoms with Crippen LogP contribution >= 0.6 is 0 Å². The van der Waals surface area contributed by atoms with E-state index in [4.69, 9.17) is 10.2 Å². The largest absolute Gasteiger partial charge is 0.478 e. The van der Waals surface area contributed by atoms with Crippen molar-refractivity contribution in [2.45, 2.75) is 0 Å². The maximum Gasteiger partial charge on any atom is 0.335 e. The van der Waals surface area contributed by atoms with Crippen LogP contribution < -0.4 is 0 Å². The van der Waals surface area contributed by atoms with Crippen molar-refractivity contribution in [2.24, 2.45) is 0 Å². The number of hydrogen-bond donors (Lipinski definition) is 2. The van der Waals surface area contributed by atoms with Crippen LogP contribution in [0.4, 0.5) is 0 Å². The molecule has 0 atom stereocenters. The smallest absolute Gasteiger partial charge is 0.335 e. The zero-order valence-corrected chi connectivity index (χ0v) is 12.1. The molecular formula is C18H16O5. The van der Waals surface area contributed by atoms with Gasteiger partial charge in [-0.05, 0) is 29.0 Å². The molecule has 5 nitrogen and oxygen atoms in total. The molecular weight excluding hydrogens is 296 g/mol. The lowest BCUT2D eigenvalue weighted by Crippen LogP contribution is -2.01. The van der Waals surface area contributed by atoms with E-state index >= 15 is 0 Å². The Morgan fingerprint density at radius 2 is 0.957 bits per heavy atom. The number of hydrogen-bond acceptors (Lipinski definition) is 2. The molecule has 3 aromatic carbocycles. The number of carbonyl (C=O) groups is 2. The van der Waals surface area contributed by atoms with Crippen molar-refractivity contribution in [2.75, 3.05) is 0 Å². The molecule has 0 saturated heterocycles. The van der Waals surface area contributed by atoms with Gasteiger partial charge in [0.2, 0.25) is 0 Å². The standard InChI is InChI=1S/C10H8.C8H6O4.H2O/c1-2-6-10-8-4-3-7-9(10)5-1;9-7(10)5-2-1-3-6(4-5)8(11)12;/h1-8H;1-4H,(H,9,10)(H,11,12);1H2. The Labute approximate surface area is 132 Å². The molecule has 0 aromatic heterocycles. The summed E-state index contributed by atoms with van der Waals surface area (Å²) in [6.07, 6.45) is 0. The van der Waals surface area contributed by atoms with Gasteiger partial charge < -0.3 is 15.7 Å². The van der Waals surface area contributed by atoms with Crippen molar-refractivity contribution in [1.82, 2.24) is 0 Å². The van der Waals surface area contributed by atoms with Crippen molar-refractivity contribution in [1.29, 1.82) is 0 Å². The van der Waals surface area contributed by atoms with Crippen molar-refractivity contribution in [3.05, 3.63) is 83.9 Å². The molecule has 3 aromatic rings. The third kappa shape index (κ3) is 4.94. The van der Waals surface area contributed by atoms with E-state index in [-0.39, 0.29) is 16.6 Å². The second kappa shape index (κ2) is 8.31. The molecule has 0 aliphatic rings. The van der Waals surface area contributed by atoms with Crippen LogP contribution in [0.1, 0.15) is 20.7 Å². The van der Waals surface area contributed by atoms with E-state index < -0.39 is 11.9 Å². The zero-order valence-electron chi connectivity index (χ0n) is 12.1. The maximum absolute atomic E-state index is 10.4. The van der Waals surface area contributed by atoms with E-state index in [0.717, 1.165) is 6.07 Å². The molecule has 0 aliphatic carbocycles. The van der Waals surface area contributed by atoms with E-state index in [9.17, 15) is 9.59 Å². The highest BCUT2D eigenvalue weighted by molar-refractivity contribution is 5.93. The Bertz CT molecular complexity index is 716. The van der Waals surface area contributed by atoms with Crippen molar-refractivity contribution < 1.29 is 25.3 Å². The molecule has 23 heavy (non-hydrogen) atoms. The van der Waals surface area contributed by atoms with Crippen LogP contribution in [-0.2, 0) is 0 Å². The minimum atomic E-state index is -1.13. The van der Waals surface area contributed by atoms with Crippen LogP contribution in [-0.4, -0.2) is 27.6 Å². The predicted octanol–water partition coefficient (Wildman–Crippen LogP) is 3.10. The third-order valence-corrected chi connectivity index (χ3v) is 3.02. The number of carboxylic acids is 2. The highest BCUT2D eigenvalue weighted by Crippen LogP contribution is 2.11. The summed E-state index contributed by atoms with van der Waals surface area (Å²) >= 11 is 0. The quantitative estimate of drug-likeness (QED) is 0.758. The Hall–Kier alpha value is -3.18. The summed E-state index contributed by atoms with van der Waals surface area (Å²) in [6, 6.07) is 21.9. The van der Waals surface area contributed by atoms with Gasteiger partial charge in [0, 0.05) is 0 Å². The number of carboxylic acid groups (broad SMARTS) is 2. The molecule has 0 spiro atoms. The van der Waals surface area contributed by atoms with Gasteiger partial charge in [-0.3, -0.25) is 0 Å². The molecule has 0 unspecified atom stereocenters. The number of rotatable bonds is 2. The molecule has 0 heterocycles. The average molecular weight is 312 g/mol. The van der Waals surface area contributed by atoms with E-state index in [1.54, 1.807) is 0 Å².